The lowest BCUT2D eigenvalue weighted by molar-refractivity contribution is 0.147. The van der Waals surface area contributed by atoms with Gasteiger partial charge in [-0.1, -0.05) is 0 Å². The molecule has 0 radical (unpaired) electrons. The lowest BCUT2D eigenvalue weighted by atomic mass is 10.2. The molecule has 0 saturated carbocycles. The molecule has 3 nitrogen and oxygen atoms in total. The molecular formula is C7H7F3N2O. The molecule has 0 saturated heterocycles. The number of halogens is 3. The Morgan fingerprint density at radius 2 is 2.15 bits per heavy atom. The molecule has 2 N–H and O–H groups in total. The maximum atomic E-state index is 12.5. The summed E-state index contributed by atoms with van der Waals surface area (Å²) in [5.41, 5.74) is 4.51. The van der Waals surface area contributed by atoms with Gasteiger partial charge in [-0.25, -0.2) is 13.8 Å². The van der Waals surface area contributed by atoms with Crippen LogP contribution in [0.15, 0.2) is 6.07 Å². The van der Waals surface area contributed by atoms with Crippen molar-refractivity contribution in [2.45, 2.75) is 6.43 Å². The number of hydrogen-bond acceptors (Lipinski definition) is 3. The first-order chi connectivity index (χ1) is 6.06. The van der Waals surface area contributed by atoms with Gasteiger partial charge in [0.05, 0.1) is 7.11 Å². The Hall–Kier alpha value is -1.46. The average Bonchev–Trinajstić information content (AvgIpc) is 2.01. The summed E-state index contributed by atoms with van der Waals surface area (Å²) in [5.74, 6) is -1.79. The number of pyridine rings is 1. The molecule has 0 aromatic carbocycles. The molecule has 1 rings (SSSR count). The van der Waals surface area contributed by atoms with Crippen LogP contribution < -0.4 is 10.5 Å². The van der Waals surface area contributed by atoms with Crippen LogP contribution in [0.5, 0.6) is 5.75 Å². The Morgan fingerprint density at radius 3 is 2.62 bits per heavy atom. The third-order valence-electron chi connectivity index (χ3n) is 1.46. The van der Waals surface area contributed by atoms with Gasteiger partial charge in [0.25, 0.3) is 6.43 Å². The summed E-state index contributed by atoms with van der Waals surface area (Å²) < 4.78 is 41.6. The highest BCUT2D eigenvalue weighted by Gasteiger charge is 2.19. The van der Waals surface area contributed by atoms with Crippen LogP contribution >= 0.6 is 0 Å². The highest BCUT2D eigenvalue weighted by Crippen LogP contribution is 2.32. The van der Waals surface area contributed by atoms with Gasteiger partial charge in [0.2, 0.25) is 5.95 Å². The van der Waals surface area contributed by atoms with E-state index in [1.807, 2.05) is 0 Å². The number of anilines is 1. The first kappa shape index (κ1) is 9.63. The van der Waals surface area contributed by atoms with E-state index in [2.05, 4.69) is 9.72 Å². The first-order valence-electron chi connectivity index (χ1n) is 3.34. The predicted octanol–water partition coefficient (Wildman–Crippen LogP) is 1.75. The number of aromatic nitrogens is 1. The van der Waals surface area contributed by atoms with E-state index in [4.69, 9.17) is 5.73 Å². The number of nitrogens with two attached hydrogens (primary N) is 1. The van der Waals surface area contributed by atoms with Crippen molar-refractivity contribution in [2.24, 2.45) is 0 Å². The summed E-state index contributed by atoms with van der Waals surface area (Å²) in [6, 6.07) is 0.762. The van der Waals surface area contributed by atoms with Crippen molar-refractivity contribution in [2.75, 3.05) is 12.8 Å². The summed E-state index contributed by atoms with van der Waals surface area (Å²) in [6.07, 6.45) is -2.83. The van der Waals surface area contributed by atoms with Gasteiger partial charge >= 0.3 is 0 Å². The molecule has 0 atom stereocenters. The summed E-state index contributed by atoms with van der Waals surface area (Å²) >= 11 is 0. The third kappa shape index (κ3) is 1.82. The van der Waals surface area contributed by atoms with Gasteiger partial charge < -0.3 is 10.5 Å². The standard InChI is InChI=1S/C7H7F3N2O/c1-13-3-2-4(8)12-7(11)5(3)6(9)10/h2,6H,1H3,(H2,11,12). The molecule has 0 spiro atoms. The fraction of sp³-hybridized carbons (Fsp3) is 0.286. The molecule has 72 valence electrons. The van der Waals surface area contributed by atoms with Gasteiger partial charge in [-0.15, -0.1) is 0 Å². The number of ether oxygens (including phenoxy) is 1. The molecular weight excluding hydrogens is 185 g/mol. The van der Waals surface area contributed by atoms with E-state index >= 15 is 0 Å². The van der Waals surface area contributed by atoms with E-state index in [9.17, 15) is 13.2 Å². The summed E-state index contributed by atoms with van der Waals surface area (Å²) in [5, 5.41) is 0. The highest BCUT2D eigenvalue weighted by atomic mass is 19.3. The Bertz CT molecular complexity index is 317. The van der Waals surface area contributed by atoms with Crippen molar-refractivity contribution in [3.05, 3.63) is 17.6 Å². The minimum Gasteiger partial charge on any atom is -0.496 e. The number of methoxy groups -OCH3 is 1. The SMILES string of the molecule is COc1cc(F)nc(N)c1C(F)F. The van der Waals surface area contributed by atoms with Gasteiger partial charge in [-0.05, 0) is 0 Å². The molecule has 0 aliphatic rings. The minimum absolute atomic E-state index is 0.292. The van der Waals surface area contributed by atoms with E-state index < -0.39 is 23.8 Å². The summed E-state index contributed by atoms with van der Waals surface area (Å²) in [4.78, 5) is 3.05. The van der Waals surface area contributed by atoms with Crippen LogP contribution in [0, 0.1) is 5.95 Å². The Balaban J connectivity index is 3.30. The fourth-order valence-electron chi connectivity index (χ4n) is 0.908. The van der Waals surface area contributed by atoms with Crippen LogP contribution in [0.3, 0.4) is 0 Å². The number of nitrogen functional groups attached to an aromatic ring is 1. The third-order valence-corrected chi connectivity index (χ3v) is 1.46. The number of alkyl halides is 2. The van der Waals surface area contributed by atoms with Crippen LogP contribution in [-0.4, -0.2) is 12.1 Å². The second-order valence-corrected chi connectivity index (χ2v) is 2.25. The van der Waals surface area contributed by atoms with Gasteiger partial charge in [0.15, 0.2) is 0 Å². The summed E-state index contributed by atoms with van der Waals surface area (Å²) in [7, 11) is 1.15. The number of hydrogen-bond donors (Lipinski definition) is 1. The zero-order valence-electron chi connectivity index (χ0n) is 6.72. The highest BCUT2D eigenvalue weighted by molar-refractivity contribution is 5.49. The van der Waals surface area contributed by atoms with Crippen molar-refractivity contribution in [3.8, 4) is 5.75 Å². The monoisotopic (exact) mass is 192 g/mol. The zero-order chi connectivity index (χ0) is 10.0. The van der Waals surface area contributed by atoms with Crippen molar-refractivity contribution in [1.82, 2.24) is 4.98 Å². The Kier molecular flexibility index (Phi) is 2.60. The smallest absolute Gasteiger partial charge is 0.270 e. The van der Waals surface area contributed by atoms with Crippen LogP contribution in [0.25, 0.3) is 0 Å². The Labute approximate surface area is 72.3 Å². The predicted molar refractivity (Wildman–Crippen MR) is 40.1 cm³/mol. The maximum Gasteiger partial charge on any atom is 0.270 e. The zero-order valence-corrected chi connectivity index (χ0v) is 6.72. The minimum atomic E-state index is -2.83. The van der Waals surface area contributed by atoms with Crippen LogP contribution in [0.1, 0.15) is 12.0 Å². The molecule has 0 bridgehead atoms. The molecule has 1 heterocycles. The lowest BCUT2D eigenvalue weighted by Gasteiger charge is -2.09. The second-order valence-electron chi connectivity index (χ2n) is 2.25. The molecule has 0 fully saturated rings. The van der Waals surface area contributed by atoms with Crippen molar-refractivity contribution >= 4 is 5.82 Å². The number of rotatable bonds is 2. The largest absolute Gasteiger partial charge is 0.496 e. The van der Waals surface area contributed by atoms with E-state index in [0.717, 1.165) is 13.2 Å². The molecule has 6 heteroatoms. The quantitative estimate of drug-likeness (QED) is 0.726. The van der Waals surface area contributed by atoms with Crippen molar-refractivity contribution < 1.29 is 17.9 Å². The normalized spacial score (nSPS) is 10.5. The molecule has 1 aromatic rings. The van der Waals surface area contributed by atoms with E-state index in [-0.39, 0.29) is 5.75 Å². The molecule has 0 aliphatic carbocycles. The Morgan fingerprint density at radius 1 is 1.54 bits per heavy atom. The molecule has 0 aliphatic heterocycles. The van der Waals surface area contributed by atoms with Crippen LogP contribution in [-0.2, 0) is 0 Å². The van der Waals surface area contributed by atoms with Gasteiger partial charge in [0, 0.05) is 6.07 Å². The van der Waals surface area contributed by atoms with E-state index in [1.54, 1.807) is 0 Å². The lowest BCUT2D eigenvalue weighted by Crippen LogP contribution is -2.03. The van der Waals surface area contributed by atoms with Gasteiger partial charge in [0.1, 0.15) is 17.1 Å². The first-order valence-corrected chi connectivity index (χ1v) is 3.34. The van der Waals surface area contributed by atoms with Gasteiger partial charge in [-0.3, -0.25) is 0 Å². The average molecular weight is 192 g/mol. The molecule has 13 heavy (non-hydrogen) atoms. The van der Waals surface area contributed by atoms with Crippen LogP contribution in [0.4, 0.5) is 19.0 Å². The molecule has 0 amide bonds. The summed E-state index contributed by atoms with van der Waals surface area (Å²) in [6.45, 7) is 0. The topological polar surface area (TPSA) is 48.1 Å². The van der Waals surface area contributed by atoms with E-state index in [0.29, 0.717) is 0 Å². The molecule has 1 aromatic heterocycles. The van der Waals surface area contributed by atoms with E-state index in [1.165, 1.54) is 0 Å². The fourth-order valence-corrected chi connectivity index (χ4v) is 0.908. The second kappa shape index (κ2) is 3.51. The van der Waals surface area contributed by atoms with Crippen molar-refractivity contribution in [3.63, 3.8) is 0 Å². The van der Waals surface area contributed by atoms with Gasteiger partial charge in [-0.2, -0.15) is 4.39 Å². The van der Waals surface area contributed by atoms with Crippen molar-refractivity contribution in [1.29, 1.82) is 0 Å². The maximum absolute atomic E-state index is 12.5. The van der Waals surface area contributed by atoms with Crippen LogP contribution in [0.2, 0.25) is 0 Å². The molecule has 0 unspecified atom stereocenters. The number of nitrogens with zero attached hydrogens (tertiary/aromatic N) is 1.